The summed E-state index contributed by atoms with van der Waals surface area (Å²) in [5, 5.41) is 13.4. The SMILES string of the molecule is COCC(NCC(O)c1ccc(OC)cc1)c1ccc(F)c(F)c1. The largest absolute Gasteiger partial charge is 0.497 e. The number of rotatable bonds is 8. The van der Waals surface area contributed by atoms with Crippen LogP contribution in [-0.2, 0) is 4.74 Å². The Labute approximate surface area is 140 Å². The molecule has 2 unspecified atom stereocenters. The molecule has 0 aliphatic heterocycles. The fourth-order valence-electron chi connectivity index (χ4n) is 2.37. The summed E-state index contributed by atoms with van der Waals surface area (Å²) in [7, 11) is 3.10. The second-order valence-electron chi connectivity index (χ2n) is 5.38. The molecule has 2 rings (SSSR count). The maximum atomic E-state index is 13.4. The molecule has 0 fully saturated rings. The van der Waals surface area contributed by atoms with Gasteiger partial charge in [-0.15, -0.1) is 0 Å². The Morgan fingerprint density at radius 3 is 2.25 bits per heavy atom. The van der Waals surface area contributed by atoms with Crippen molar-refractivity contribution in [2.24, 2.45) is 0 Å². The summed E-state index contributed by atoms with van der Waals surface area (Å²) in [6.07, 6.45) is -0.749. The van der Waals surface area contributed by atoms with Gasteiger partial charge in [0.15, 0.2) is 11.6 Å². The van der Waals surface area contributed by atoms with Crippen LogP contribution >= 0.6 is 0 Å². The number of aliphatic hydroxyl groups excluding tert-OH is 1. The van der Waals surface area contributed by atoms with Crippen LogP contribution in [0.3, 0.4) is 0 Å². The first kappa shape index (κ1) is 18.3. The van der Waals surface area contributed by atoms with Gasteiger partial charge in [-0.25, -0.2) is 8.78 Å². The van der Waals surface area contributed by atoms with Gasteiger partial charge in [0, 0.05) is 13.7 Å². The average molecular weight is 337 g/mol. The summed E-state index contributed by atoms with van der Waals surface area (Å²) in [6.45, 7) is 0.500. The summed E-state index contributed by atoms with van der Waals surface area (Å²) in [5.41, 5.74) is 1.28. The zero-order valence-electron chi connectivity index (χ0n) is 13.6. The lowest BCUT2D eigenvalue weighted by Gasteiger charge is -2.21. The van der Waals surface area contributed by atoms with Gasteiger partial charge in [0.05, 0.1) is 25.9 Å². The summed E-state index contributed by atoms with van der Waals surface area (Å²) < 4.78 is 36.7. The smallest absolute Gasteiger partial charge is 0.159 e. The quantitative estimate of drug-likeness (QED) is 0.778. The second-order valence-corrected chi connectivity index (χ2v) is 5.38. The predicted octanol–water partition coefficient (Wildman–Crippen LogP) is 2.98. The predicted molar refractivity (Wildman–Crippen MR) is 86.9 cm³/mol. The number of nitrogens with one attached hydrogen (secondary N) is 1. The maximum absolute atomic E-state index is 13.4. The van der Waals surface area contributed by atoms with Crippen molar-refractivity contribution < 1.29 is 23.4 Å². The Kier molecular flexibility index (Phi) is 6.66. The van der Waals surface area contributed by atoms with Crippen molar-refractivity contribution in [2.75, 3.05) is 27.4 Å². The first-order valence-electron chi connectivity index (χ1n) is 7.54. The highest BCUT2D eigenvalue weighted by Crippen LogP contribution is 2.20. The summed E-state index contributed by atoms with van der Waals surface area (Å²) in [6, 6.07) is 10.4. The van der Waals surface area contributed by atoms with Crippen molar-refractivity contribution in [1.82, 2.24) is 5.32 Å². The molecule has 0 amide bonds. The fourth-order valence-corrected chi connectivity index (χ4v) is 2.37. The van der Waals surface area contributed by atoms with E-state index in [0.717, 1.165) is 17.7 Å². The van der Waals surface area contributed by atoms with Crippen molar-refractivity contribution in [2.45, 2.75) is 12.1 Å². The zero-order chi connectivity index (χ0) is 17.5. The van der Waals surface area contributed by atoms with E-state index in [1.165, 1.54) is 13.2 Å². The van der Waals surface area contributed by atoms with Crippen LogP contribution in [-0.4, -0.2) is 32.5 Å². The molecule has 0 aliphatic carbocycles. The summed E-state index contributed by atoms with van der Waals surface area (Å²) in [4.78, 5) is 0. The average Bonchev–Trinajstić information content (AvgIpc) is 2.61. The third-order valence-electron chi connectivity index (χ3n) is 3.74. The standard InChI is InChI=1S/C18H21F2NO3/c1-23-11-17(13-5-8-15(19)16(20)9-13)21-10-18(22)12-3-6-14(24-2)7-4-12/h3-9,17-18,21-22H,10-11H2,1-2H3. The molecule has 0 bridgehead atoms. The summed E-state index contributed by atoms with van der Waals surface area (Å²) in [5.74, 6) is -1.10. The van der Waals surface area contributed by atoms with Gasteiger partial charge in [-0.3, -0.25) is 0 Å². The minimum Gasteiger partial charge on any atom is -0.497 e. The highest BCUT2D eigenvalue weighted by molar-refractivity contribution is 5.28. The van der Waals surface area contributed by atoms with Crippen molar-refractivity contribution >= 4 is 0 Å². The number of aliphatic hydroxyl groups is 1. The molecule has 2 aromatic rings. The molecule has 6 heteroatoms. The molecule has 2 N–H and O–H groups in total. The molecule has 0 aromatic heterocycles. The Morgan fingerprint density at radius 1 is 1.00 bits per heavy atom. The molecule has 0 radical (unpaired) electrons. The van der Waals surface area contributed by atoms with Crippen LogP contribution in [0.2, 0.25) is 0 Å². The number of hydrogen-bond acceptors (Lipinski definition) is 4. The van der Waals surface area contributed by atoms with Crippen LogP contribution in [0.5, 0.6) is 5.75 Å². The topological polar surface area (TPSA) is 50.7 Å². The highest BCUT2D eigenvalue weighted by Gasteiger charge is 2.16. The van der Waals surface area contributed by atoms with E-state index in [-0.39, 0.29) is 19.2 Å². The van der Waals surface area contributed by atoms with E-state index in [4.69, 9.17) is 9.47 Å². The monoisotopic (exact) mass is 337 g/mol. The van der Waals surface area contributed by atoms with Crippen LogP contribution in [0.25, 0.3) is 0 Å². The van der Waals surface area contributed by atoms with Gasteiger partial charge in [-0.2, -0.15) is 0 Å². The Bertz CT molecular complexity index is 649. The van der Waals surface area contributed by atoms with Crippen LogP contribution in [0.15, 0.2) is 42.5 Å². The molecule has 2 aromatic carbocycles. The molecular weight excluding hydrogens is 316 g/mol. The van der Waals surface area contributed by atoms with Gasteiger partial charge in [0.25, 0.3) is 0 Å². The van der Waals surface area contributed by atoms with Crippen molar-refractivity contribution in [3.05, 3.63) is 65.2 Å². The van der Waals surface area contributed by atoms with Crippen LogP contribution in [0.4, 0.5) is 8.78 Å². The minimum absolute atomic E-state index is 0.235. The van der Waals surface area contributed by atoms with Crippen LogP contribution in [0.1, 0.15) is 23.3 Å². The van der Waals surface area contributed by atoms with Gasteiger partial charge in [-0.1, -0.05) is 18.2 Å². The number of methoxy groups -OCH3 is 2. The number of benzene rings is 2. The molecule has 0 aliphatic rings. The van der Waals surface area contributed by atoms with E-state index in [0.29, 0.717) is 11.3 Å². The van der Waals surface area contributed by atoms with E-state index in [1.807, 2.05) is 0 Å². The molecule has 0 heterocycles. The molecule has 0 saturated heterocycles. The second kappa shape index (κ2) is 8.73. The Balaban J connectivity index is 2.02. The van der Waals surface area contributed by atoms with Gasteiger partial charge in [0.2, 0.25) is 0 Å². The Hall–Kier alpha value is -2.02. The molecule has 0 saturated carbocycles. The van der Waals surface area contributed by atoms with Crippen LogP contribution in [0, 0.1) is 11.6 Å². The first-order valence-corrected chi connectivity index (χ1v) is 7.54. The summed E-state index contributed by atoms with van der Waals surface area (Å²) >= 11 is 0. The van der Waals surface area contributed by atoms with Crippen molar-refractivity contribution in [3.8, 4) is 5.75 Å². The van der Waals surface area contributed by atoms with E-state index < -0.39 is 17.7 Å². The Morgan fingerprint density at radius 2 is 1.67 bits per heavy atom. The molecule has 130 valence electrons. The molecule has 4 nitrogen and oxygen atoms in total. The molecule has 0 spiro atoms. The number of ether oxygens (including phenoxy) is 2. The number of hydrogen-bond donors (Lipinski definition) is 2. The normalized spacial score (nSPS) is 13.5. The van der Waals surface area contributed by atoms with E-state index in [1.54, 1.807) is 31.4 Å². The fraction of sp³-hybridized carbons (Fsp3) is 0.333. The lowest BCUT2D eigenvalue weighted by atomic mass is 10.1. The van der Waals surface area contributed by atoms with Gasteiger partial charge < -0.3 is 19.9 Å². The zero-order valence-corrected chi connectivity index (χ0v) is 13.6. The third kappa shape index (κ3) is 4.74. The first-order chi connectivity index (χ1) is 11.5. The minimum atomic E-state index is -0.911. The van der Waals surface area contributed by atoms with E-state index in [9.17, 15) is 13.9 Å². The van der Waals surface area contributed by atoms with Crippen molar-refractivity contribution in [3.63, 3.8) is 0 Å². The number of halogens is 2. The van der Waals surface area contributed by atoms with Gasteiger partial charge in [-0.05, 0) is 35.4 Å². The van der Waals surface area contributed by atoms with Gasteiger partial charge >= 0.3 is 0 Å². The highest BCUT2D eigenvalue weighted by atomic mass is 19.2. The third-order valence-corrected chi connectivity index (χ3v) is 3.74. The van der Waals surface area contributed by atoms with E-state index in [2.05, 4.69) is 5.32 Å². The maximum Gasteiger partial charge on any atom is 0.159 e. The lowest BCUT2D eigenvalue weighted by Crippen LogP contribution is -2.29. The van der Waals surface area contributed by atoms with E-state index >= 15 is 0 Å². The van der Waals surface area contributed by atoms with Crippen molar-refractivity contribution in [1.29, 1.82) is 0 Å². The molecule has 2 atom stereocenters. The van der Waals surface area contributed by atoms with Crippen LogP contribution < -0.4 is 10.1 Å². The lowest BCUT2D eigenvalue weighted by molar-refractivity contribution is 0.139. The molecular formula is C18H21F2NO3. The molecule has 24 heavy (non-hydrogen) atoms. The van der Waals surface area contributed by atoms with Gasteiger partial charge in [0.1, 0.15) is 5.75 Å².